The van der Waals surface area contributed by atoms with Crippen LogP contribution in [-0.2, 0) is 7.05 Å². The molecular weight excluding hydrogens is 293 g/mol. The van der Waals surface area contributed by atoms with E-state index in [-0.39, 0.29) is 0 Å². The number of halogens is 3. The van der Waals surface area contributed by atoms with Crippen molar-refractivity contribution in [2.24, 2.45) is 7.05 Å². The van der Waals surface area contributed by atoms with E-state index in [4.69, 9.17) is 27.6 Å². The molecule has 0 aliphatic heterocycles. The average molecular weight is 297 g/mol. The van der Waals surface area contributed by atoms with Crippen molar-refractivity contribution in [1.29, 1.82) is 0 Å². The minimum atomic E-state index is -0.484. The maximum Gasteiger partial charge on any atom is 0.419 e. The lowest BCUT2D eigenvalue weighted by molar-refractivity contribution is 0.528. The molecule has 0 aliphatic carbocycles. The second-order valence-electron chi connectivity index (χ2n) is 2.76. The Morgan fingerprint density at radius 3 is 2.79 bits per heavy atom. The molecule has 0 radical (unpaired) electrons. The molecule has 1 heterocycles. The molecule has 0 unspecified atom stereocenters. The van der Waals surface area contributed by atoms with Gasteiger partial charge in [0.25, 0.3) is 0 Å². The van der Waals surface area contributed by atoms with E-state index >= 15 is 0 Å². The van der Waals surface area contributed by atoms with Crippen molar-refractivity contribution in [1.82, 2.24) is 4.57 Å². The van der Waals surface area contributed by atoms with Crippen LogP contribution in [0.4, 0.5) is 0 Å². The van der Waals surface area contributed by atoms with Crippen molar-refractivity contribution in [3.05, 3.63) is 31.1 Å². The van der Waals surface area contributed by atoms with Gasteiger partial charge in [-0.1, -0.05) is 23.2 Å². The van der Waals surface area contributed by atoms with Gasteiger partial charge in [-0.25, -0.2) is 4.79 Å². The monoisotopic (exact) mass is 295 g/mol. The van der Waals surface area contributed by atoms with Gasteiger partial charge in [0.15, 0.2) is 5.58 Å². The van der Waals surface area contributed by atoms with E-state index in [1.54, 1.807) is 13.1 Å². The van der Waals surface area contributed by atoms with Gasteiger partial charge >= 0.3 is 5.76 Å². The van der Waals surface area contributed by atoms with Gasteiger partial charge in [0.1, 0.15) is 5.52 Å². The molecule has 0 fully saturated rings. The zero-order valence-electron chi connectivity index (χ0n) is 6.97. The minimum absolute atomic E-state index is 0.304. The number of rotatable bonds is 0. The highest BCUT2D eigenvalue weighted by Gasteiger charge is 2.15. The zero-order chi connectivity index (χ0) is 10.5. The molecule has 74 valence electrons. The molecule has 14 heavy (non-hydrogen) atoms. The van der Waals surface area contributed by atoms with Gasteiger partial charge in [-0.3, -0.25) is 4.57 Å². The lowest BCUT2D eigenvalue weighted by Crippen LogP contribution is -2.08. The molecule has 1 aromatic carbocycles. The number of fused-ring (bicyclic) bond motifs is 1. The molecule has 0 N–H and O–H groups in total. The van der Waals surface area contributed by atoms with Crippen molar-refractivity contribution >= 4 is 50.2 Å². The maximum atomic E-state index is 11.2. The Hall–Kier alpha value is -0.450. The summed E-state index contributed by atoms with van der Waals surface area (Å²) in [7, 11) is 1.57. The zero-order valence-corrected chi connectivity index (χ0v) is 10.1. The summed E-state index contributed by atoms with van der Waals surface area (Å²) < 4.78 is 6.87. The number of aryl methyl sites for hydroxylation is 1. The Labute approximate surface area is 97.3 Å². The Bertz CT molecular complexity index is 573. The van der Waals surface area contributed by atoms with Gasteiger partial charge in [-0.05, 0) is 22.0 Å². The predicted molar refractivity (Wildman–Crippen MR) is 59.2 cm³/mol. The fourth-order valence-electron chi connectivity index (χ4n) is 1.22. The highest BCUT2D eigenvalue weighted by molar-refractivity contribution is 9.10. The molecule has 0 bridgehead atoms. The molecule has 0 spiro atoms. The van der Waals surface area contributed by atoms with Gasteiger partial charge < -0.3 is 4.42 Å². The second-order valence-corrected chi connectivity index (χ2v) is 4.40. The molecule has 0 atom stereocenters. The number of hydrogen-bond acceptors (Lipinski definition) is 2. The van der Waals surface area contributed by atoms with E-state index < -0.39 is 5.76 Å². The summed E-state index contributed by atoms with van der Waals surface area (Å²) in [6.45, 7) is 0. The first kappa shape index (κ1) is 10.1. The van der Waals surface area contributed by atoms with Gasteiger partial charge in [-0.2, -0.15) is 0 Å². The molecule has 0 aliphatic rings. The van der Waals surface area contributed by atoms with Crippen LogP contribution in [0.5, 0.6) is 0 Å². The smallest absolute Gasteiger partial charge is 0.406 e. The summed E-state index contributed by atoms with van der Waals surface area (Å²) in [6, 6.07) is 1.63. The number of hydrogen-bond donors (Lipinski definition) is 0. The largest absolute Gasteiger partial charge is 0.419 e. The van der Waals surface area contributed by atoms with E-state index in [1.165, 1.54) is 4.57 Å². The number of aromatic nitrogens is 1. The first-order valence-electron chi connectivity index (χ1n) is 3.65. The third-order valence-electron chi connectivity index (χ3n) is 1.90. The molecule has 0 amide bonds. The quantitative estimate of drug-likeness (QED) is 0.700. The first-order chi connectivity index (χ1) is 6.52. The molecular formula is C8H4BrCl2NO2. The highest BCUT2D eigenvalue weighted by Crippen LogP contribution is 2.35. The van der Waals surface area contributed by atoms with E-state index in [1.807, 2.05) is 0 Å². The van der Waals surface area contributed by atoms with Crippen LogP contribution in [0, 0.1) is 0 Å². The fraction of sp³-hybridized carbons (Fsp3) is 0.125. The third-order valence-corrected chi connectivity index (χ3v) is 3.42. The van der Waals surface area contributed by atoms with Crippen LogP contribution >= 0.6 is 39.1 Å². The second kappa shape index (κ2) is 3.29. The molecule has 3 nitrogen and oxygen atoms in total. The van der Waals surface area contributed by atoms with Gasteiger partial charge in [0.2, 0.25) is 0 Å². The van der Waals surface area contributed by atoms with E-state index in [0.717, 1.165) is 0 Å². The normalized spacial score (nSPS) is 11.1. The molecule has 2 aromatic rings. The predicted octanol–water partition coefficient (Wildman–Crippen LogP) is 3.20. The topological polar surface area (TPSA) is 35.1 Å². The molecule has 0 saturated heterocycles. The Morgan fingerprint density at radius 2 is 2.14 bits per heavy atom. The third kappa shape index (κ3) is 1.29. The van der Waals surface area contributed by atoms with Crippen LogP contribution in [0.25, 0.3) is 11.1 Å². The summed E-state index contributed by atoms with van der Waals surface area (Å²) in [5.41, 5.74) is 0.809. The number of oxazole rings is 1. The maximum absolute atomic E-state index is 11.2. The van der Waals surface area contributed by atoms with Crippen molar-refractivity contribution in [3.8, 4) is 0 Å². The summed E-state index contributed by atoms with van der Waals surface area (Å²) >= 11 is 15.1. The van der Waals surface area contributed by atoms with Crippen molar-refractivity contribution < 1.29 is 4.42 Å². The van der Waals surface area contributed by atoms with Crippen LogP contribution in [0.3, 0.4) is 0 Å². The van der Waals surface area contributed by atoms with Gasteiger partial charge in [0.05, 0.1) is 10.0 Å². The average Bonchev–Trinajstić information content (AvgIpc) is 2.40. The SMILES string of the molecule is Cn1c(=O)oc2c(Cl)c(Br)cc(Cl)c21. The van der Waals surface area contributed by atoms with Crippen molar-refractivity contribution in [2.75, 3.05) is 0 Å². The van der Waals surface area contributed by atoms with Crippen LogP contribution in [0.2, 0.25) is 10.0 Å². The summed E-state index contributed by atoms with van der Waals surface area (Å²) in [5, 5.41) is 0.770. The standard InChI is InChI=1S/C8H4BrCl2NO2/c1-12-6-4(10)2-3(9)5(11)7(6)14-8(12)13/h2H,1H3. The van der Waals surface area contributed by atoms with Crippen LogP contribution in [0.1, 0.15) is 0 Å². The van der Waals surface area contributed by atoms with Crippen LogP contribution in [0.15, 0.2) is 19.8 Å². The molecule has 6 heteroatoms. The lowest BCUT2D eigenvalue weighted by Gasteiger charge is -1.99. The van der Waals surface area contributed by atoms with Crippen molar-refractivity contribution in [3.63, 3.8) is 0 Å². The number of benzene rings is 1. The van der Waals surface area contributed by atoms with Gasteiger partial charge in [-0.15, -0.1) is 0 Å². The van der Waals surface area contributed by atoms with Crippen molar-refractivity contribution in [2.45, 2.75) is 0 Å². The molecule has 2 rings (SSSR count). The Morgan fingerprint density at radius 1 is 1.50 bits per heavy atom. The Balaban J connectivity index is 3.09. The van der Waals surface area contributed by atoms with Gasteiger partial charge in [0, 0.05) is 11.5 Å². The first-order valence-corrected chi connectivity index (χ1v) is 5.20. The summed E-state index contributed by atoms with van der Waals surface area (Å²) in [4.78, 5) is 11.2. The van der Waals surface area contributed by atoms with E-state index in [9.17, 15) is 4.79 Å². The van der Waals surface area contributed by atoms with Crippen LogP contribution in [-0.4, -0.2) is 4.57 Å². The minimum Gasteiger partial charge on any atom is -0.406 e. The van der Waals surface area contributed by atoms with E-state index in [2.05, 4.69) is 15.9 Å². The summed E-state index contributed by atoms with van der Waals surface area (Å²) in [5.74, 6) is -0.484. The van der Waals surface area contributed by atoms with Crippen LogP contribution < -0.4 is 5.76 Å². The fourth-order valence-corrected chi connectivity index (χ4v) is 2.26. The molecule has 1 aromatic heterocycles. The lowest BCUT2D eigenvalue weighted by atomic mass is 10.3. The van der Waals surface area contributed by atoms with E-state index in [0.29, 0.717) is 25.6 Å². The molecule has 0 saturated carbocycles. The highest BCUT2D eigenvalue weighted by atomic mass is 79.9. The number of nitrogens with zero attached hydrogens (tertiary/aromatic N) is 1. The summed E-state index contributed by atoms with van der Waals surface area (Å²) in [6.07, 6.45) is 0. The Kier molecular flexibility index (Phi) is 2.37.